The second-order valence-corrected chi connectivity index (χ2v) is 8.63. The summed E-state index contributed by atoms with van der Waals surface area (Å²) in [5.74, 6) is 1.33. The lowest BCUT2D eigenvalue weighted by molar-refractivity contribution is -0.125. The molecule has 1 N–H and O–H groups in total. The van der Waals surface area contributed by atoms with Crippen LogP contribution in [0.1, 0.15) is 24.0 Å². The molecule has 7 nitrogen and oxygen atoms in total. The molecule has 0 radical (unpaired) electrons. The predicted molar refractivity (Wildman–Crippen MR) is 129 cm³/mol. The van der Waals surface area contributed by atoms with Gasteiger partial charge in [0.1, 0.15) is 11.6 Å². The predicted octanol–water partition coefficient (Wildman–Crippen LogP) is 3.74. The quantitative estimate of drug-likeness (QED) is 0.599. The Balaban J connectivity index is 1.44. The molecule has 0 aliphatic carbocycles. The number of hydrogen-bond donors (Lipinski definition) is 1. The fourth-order valence-corrected chi connectivity index (χ4v) is 4.12. The summed E-state index contributed by atoms with van der Waals surface area (Å²) in [5, 5.41) is 8.19. The highest BCUT2D eigenvalue weighted by molar-refractivity contribution is 6.31. The van der Waals surface area contributed by atoms with E-state index in [2.05, 4.69) is 15.3 Å². The molecule has 1 amide bonds. The Morgan fingerprint density at radius 3 is 2.70 bits per heavy atom. The number of aryl methyl sites for hydroxylation is 1. The van der Waals surface area contributed by atoms with Gasteiger partial charge in [-0.2, -0.15) is 4.68 Å². The summed E-state index contributed by atoms with van der Waals surface area (Å²) in [6, 6.07) is 16.3. The number of halogens is 1. The molecule has 4 rings (SSSR count). The molecule has 0 bridgehead atoms. The molecule has 1 aromatic heterocycles. The van der Waals surface area contributed by atoms with Crippen LogP contribution < -0.4 is 20.5 Å². The van der Waals surface area contributed by atoms with Gasteiger partial charge in [-0.25, -0.2) is 0 Å². The van der Waals surface area contributed by atoms with Crippen molar-refractivity contribution in [3.05, 3.63) is 81.1 Å². The Hall–Kier alpha value is -3.32. The summed E-state index contributed by atoms with van der Waals surface area (Å²) in [6.45, 7) is 3.71. The lowest BCUT2D eigenvalue weighted by Crippen LogP contribution is -2.43. The van der Waals surface area contributed by atoms with Crippen LogP contribution in [-0.2, 0) is 11.3 Å². The molecule has 8 heteroatoms. The average molecular weight is 467 g/mol. The van der Waals surface area contributed by atoms with E-state index in [9.17, 15) is 9.59 Å². The molecule has 0 spiro atoms. The van der Waals surface area contributed by atoms with Crippen molar-refractivity contribution >= 4 is 23.3 Å². The van der Waals surface area contributed by atoms with E-state index >= 15 is 0 Å². The summed E-state index contributed by atoms with van der Waals surface area (Å²) >= 11 is 6.24. The van der Waals surface area contributed by atoms with Gasteiger partial charge >= 0.3 is 0 Å². The summed E-state index contributed by atoms with van der Waals surface area (Å²) in [7, 11) is 1.63. The molecule has 2 aromatic carbocycles. The number of amides is 1. The van der Waals surface area contributed by atoms with Crippen LogP contribution in [0, 0.1) is 12.8 Å². The van der Waals surface area contributed by atoms with E-state index in [1.165, 1.54) is 10.7 Å². The normalized spacial score (nSPS) is 15.8. The van der Waals surface area contributed by atoms with E-state index in [0.29, 0.717) is 29.6 Å². The van der Waals surface area contributed by atoms with Crippen molar-refractivity contribution in [1.29, 1.82) is 0 Å². The van der Waals surface area contributed by atoms with Gasteiger partial charge in [0, 0.05) is 30.7 Å². The van der Waals surface area contributed by atoms with Gasteiger partial charge in [0.25, 0.3) is 5.56 Å². The van der Waals surface area contributed by atoms with Gasteiger partial charge in [-0.05, 0) is 61.2 Å². The molecular formula is C25H27ClN4O3. The van der Waals surface area contributed by atoms with Crippen molar-refractivity contribution in [2.75, 3.05) is 25.1 Å². The maximum Gasteiger partial charge on any atom is 0.271 e. The number of ether oxygens (including phenoxy) is 1. The molecule has 1 aliphatic rings. The Kier molecular flexibility index (Phi) is 6.99. The van der Waals surface area contributed by atoms with Crippen LogP contribution in [0.4, 0.5) is 5.82 Å². The van der Waals surface area contributed by atoms with Gasteiger partial charge in [0.2, 0.25) is 5.91 Å². The number of benzene rings is 2. The van der Waals surface area contributed by atoms with Gasteiger partial charge in [0.05, 0.1) is 18.7 Å². The van der Waals surface area contributed by atoms with Crippen LogP contribution in [-0.4, -0.2) is 35.9 Å². The molecule has 1 atom stereocenters. The minimum Gasteiger partial charge on any atom is -0.497 e. The number of nitrogens with one attached hydrogen (secondary N) is 1. The van der Waals surface area contributed by atoms with Crippen LogP contribution in [0.5, 0.6) is 5.75 Å². The SMILES string of the molecule is COc1ccc(CNC(=O)[C@@H]2CCCN(c3ccc(=O)n(-c4ccc(C)c(Cl)c4)n3)C2)cc1. The molecule has 1 fully saturated rings. The van der Waals surface area contributed by atoms with E-state index in [0.717, 1.165) is 36.3 Å². The van der Waals surface area contributed by atoms with Crippen LogP contribution in [0.3, 0.4) is 0 Å². The van der Waals surface area contributed by atoms with Gasteiger partial charge in [-0.3, -0.25) is 9.59 Å². The second-order valence-electron chi connectivity index (χ2n) is 8.23. The summed E-state index contributed by atoms with van der Waals surface area (Å²) < 4.78 is 6.53. The fraction of sp³-hybridized carbons (Fsp3) is 0.320. The first-order valence-electron chi connectivity index (χ1n) is 11.0. The first kappa shape index (κ1) is 22.9. The van der Waals surface area contributed by atoms with E-state index < -0.39 is 0 Å². The first-order valence-corrected chi connectivity index (χ1v) is 11.3. The largest absolute Gasteiger partial charge is 0.497 e. The van der Waals surface area contributed by atoms with Gasteiger partial charge in [0.15, 0.2) is 0 Å². The zero-order valence-electron chi connectivity index (χ0n) is 18.8. The third-order valence-electron chi connectivity index (χ3n) is 5.93. The lowest BCUT2D eigenvalue weighted by Gasteiger charge is -2.33. The lowest BCUT2D eigenvalue weighted by atomic mass is 9.97. The van der Waals surface area contributed by atoms with Gasteiger partial charge < -0.3 is 15.0 Å². The van der Waals surface area contributed by atoms with Crippen LogP contribution >= 0.6 is 11.6 Å². The minimum absolute atomic E-state index is 0.0224. The van der Waals surface area contributed by atoms with Crippen molar-refractivity contribution in [3.63, 3.8) is 0 Å². The van der Waals surface area contributed by atoms with E-state index in [4.69, 9.17) is 16.3 Å². The second kappa shape index (κ2) is 10.1. The fourth-order valence-electron chi connectivity index (χ4n) is 3.94. The molecule has 0 saturated carbocycles. The molecule has 2 heterocycles. The Morgan fingerprint density at radius 1 is 1.18 bits per heavy atom. The third-order valence-corrected chi connectivity index (χ3v) is 6.34. The molecule has 0 unspecified atom stereocenters. The van der Waals surface area contributed by atoms with Crippen molar-refractivity contribution in [2.45, 2.75) is 26.3 Å². The highest BCUT2D eigenvalue weighted by Gasteiger charge is 2.27. The monoisotopic (exact) mass is 466 g/mol. The molecular weight excluding hydrogens is 440 g/mol. The zero-order valence-corrected chi connectivity index (χ0v) is 19.5. The molecule has 172 valence electrons. The number of nitrogens with zero attached hydrogens (tertiary/aromatic N) is 3. The van der Waals surface area contributed by atoms with E-state index in [1.807, 2.05) is 43.3 Å². The van der Waals surface area contributed by atoms with E-state index in [-0.39, 0.29) is 17.4 Å². The average Bonchev–Trinajstić information content (AvgIpc) is 2.85. The number of hydrogen-bond acceptors (Lipinski definition) is 5. The number of carbonyl (C=O) groups is 1. The maximum absolute atomic E-state index is 12.8. The smallest absolute Gasteiger partial charge is 0.271 e. The van der Waals surface area contributed by atoms with Crippen molar-refractivity contribution in [1.82, 2.24) is 15.1 Å². The summed E-state index contributed by atoms with van der Waals surface area (Å²) in [6.07, 6.45) is 1.69. The number of rotatable bonds is 6. The number of methoxy groups -OCH3 is 1. The standard InChI is InChI=1S/C25H27ClN4O3/c1-17-5-8-20(14-22(17)26)30-24(31)12-11-23(28-30)29-13-3-4-19(16-29)25(32)27-15-18-6-9-21(33-2)10-7-18/h5-12,14,19H,3-4,13,15-16H2,1-2H3,(H,27,32)/t19-/m1/s1. The first-order chi connectivity index (χ1) is 15.9. The minimum atomic E-state index is -0.232. The highest BCUT2D eigenvalue weighted by Crippen LogP contribution is 2.23. The summed E-state index contributed by atoms with van der Waals surface area (Å²) in [4.78, 5) is 27.3. The molecule has 33 heavy (non-hydrogen) atoms. The Morgan fingerprint density at radius 2 is 1.97 bits per heavy atom. The molecule has 1 saturated heterocycles. The molecule has 3 aromatic rings. The topological polar surface area (TPSA) is 76.5 Å². The van der Waals surface area contributed by atoms with Crippen molar-refractivity contribution in [3.8, 4) is 11.4 Å². The number of aromatic nitrogens is 2. The van der Waals surface area contributed by atoms with E-state index in [1.54, 1.807) is 19.2 Å². The number of piperidine rings is 1. The van der Waals surface area contributed by atoms with Crippen LogP contribution in [0.2, 0.25) is 5.02 Å². The van der Waals surface area contributed by atoms with Crippen LogP contribution in [0.25, 0.3) is 5.69 Å². The number of carbonyl (C=O) groups excluding carboxylic acids is 1. The Bertz CT molecular complexity index is 1190. The van der Waals surface area contributed by atoms with Gasteiger partial charge in [-0.15, -0.1) is 5.10 Å². The molecule has 1 aliphatic heterocycles. The maximum atomic E-state index is 12.8. The van der Waals surface area contributed by atoms with Crippen LogP contribution in [0.15, 0.2) is 59.4 Å². The third kappa shape index (κ3) is 5.37. The highest BCUT2D eigenvalue weighted by atomic mass is 35.5. The van der Waals surface area contributed by atoms with Crippen molar-refractivity contribution < 1.29 is 9.53 Å². The number of anilines is 1. The summed E-state index contributed by atoms with van der Waals surface area (Å²) in [5.41, 5.74) is 2.33. The van der Waals surface area contributed by atoms with Crippen molar-refractivity contribution in [2.24, 2.45) is 5.92 Å². The Labute approximate surface area is 197 Å². The van der Waals surface area contributed by atoms with Gasteiger partial charge in [-0.1, -0.05) is 29.8 Å². The zero-order chi connectivity index (χ0) is 23.4.